The van der Waals surface area contributed by atoms with Gasteiger partial charge < -0.3 is 20.7 Å². The molecule has 0 aliphatic carbocycles. The lowest BCUT2D eigenvalue weighted by atomic mass is 9.72. The van der Waals surface area contributed by atoms with Crippen LogP contribution in [-0.4, -0.2) is 35.6 Å². The zero-order valence-corrected chi connectivity index (χ0v) is 23.3. The lowest BCUT2D eigenvalue weighted by molar-refractivity contribution is -0.191. The molecule has 3 rings (SSSR count). The van der Waals surface area contributed by atoms with Gasteiger partial charge in [0.05, 0.1) is 6.04 Å². The lowest BCUT2D eigenvalue weighted by Gasteiger charge is -2.53. The van der Waals surface area contributed by atoms with Crippen molar-refractivity contribution >= 4 is 18.0 Å². The standard InChI is InChI=1S/C30H42N4O4/c1-6-10-25(23-15-11-21(5)12-16-23)33-29(37)34-26(35)30(8-3,9-4)27(34)38-24-17-13-22(14-18-24)20-32-28(36)31-19-7-2/h11-18,25,27H,6-10,19-20H2,1-5H3,(H,33,37)(H2,31,32,36)/t25?,27-/m0/s1. The Bertz CT molecular complexity index is 1080. The second-order valence-electron chi connectivity index (χ2n) is 9.96. The van der Waals surface area contributed by atoms with Gasteiger partial charge in [-0.2, -0.15) is 0 Å². The Hall–Kier alpha value is -3.55. The van der Waals surface area contributed by atoms with Gasteiger partial charge in [-0.3, -0.25) is 4.79 Å². The number of urea groups is 2. The smallest absolute Gasteiger partial charge is 0.327 e. The average Bonchev–Trinajstić information content (AvgIpc) is 2.92. The number of benzene rings is 2. The van der Waals surface area contributed by atoms with Crippen LogP contribution < -0.4 is 20.7 Å². The molecule has 1 saturated heterocycles. The minimum absolute atomic E-state index is 0.193. The van der Waals surface area contributed by atoms with Crippen LogP contribution in [0.3, 0.4) is 0 Å². The summed E-state index contributed by atoms with van der Waals surface area (Å²) >= 11 is 0. The van der Waals surface area contributed by atoms with Crippen molar-refractivity contribution in [3.8, 4) is 5.75 Å². The molecular formula is C30H42N4O4. The molecule has 5 amide bonds. The summed E-state index contributed by atoms with van der Waals surface area (Å²) in [6.07, 6.45) is 2.97. The zero-order chi connectivity index (χ0) is 27.7. The number of amides is 5. The third-order valence-electron chi connectivity index (χ3n) is 7.35. The van der Waals surface area contributed by atoms with Crippen LogP contribution in [0.1, 0.15) is 82.5 Å². The van der Waals surface area contributed by atoms with E-state index in [1.54, 1.807) is 0 Å². The molecule has 8 heteroatoms. The van der Waals surface area contributed by atoms with Gasteiger partial charge >= 0.3 is 12.1 Å². The van der Waals surface area contributed by atoms with Crippen molar-refractivity contribution < 1.29 is 19.1 Å². The van der Waals surface area contributed by atoms with E-state index in [0.29, 0.717) is 31.7 Å². The largest absolute Gasteiger partial charge is 0.469 e. The highest BCUT2D eigenvalue weighted by atomic mass is 16.5. The fourth-order valence-electron chi connectivity index (χ4n) is 4.83. The molecule has 2 atom stereocenters. The van der Waals surface area contributed by atoms with E-state index >= 15 is 0 Å². The molecule has 1 fully saturated rings. The van der Waals surface area contributed by atoms with E-state index in [1.807, 2.05) is 76.2 Å². The maximum absolute atomic E-state index is 13.4. The molecular weight excluding hydrogens is 480 g/mol. The number of hydrogen-bond acceptors (Lipinski definition) is 4. The molecule has 8 nitrogen and oxygen atoms in total. The van der Waals surface area contributed by atoms with Crippen LogP contribution in [0.5, 0.6) is 5.75 Å². The van der Waals surface area contributed by atoms with Gasteiger partial charge in [-0.05, 0) is 55.9 Å². The number of ether oxygens (including phenoxy) is 1. The predicted octanol–water partition coefficient (Wildman–Crippen LogP) is 5.81. The van der Waals surface area contributed by atoms with Crippen molar-refractivity contribution in [2.24, 2.45) is 5.41 Å². The monoisotopic (exact) mass is 522 g/mol. The van der Waals surface area contributed by atoms with Crippen LogP contribution in [-0.2, 0) is 11.3 Å². The number of carbonyl (C=O) groups excluding carboxylic acids is 3. The van der Waals surface area contributed by atoms with Crippen LogP contribution in [0, 0.1) is 12.3 Å². The van der Waals surface area contributed by atoms with Gasteiger partial charge in [0.1, 0.15) is 11.2 Å². The first kappa shape index (κ1) is 29.0. The number of likely N-dealkylation sites (tertiary alicyclic amines) is 1. The summed E-state index contributed by atoms with van der Waals surface area (Å²) < 4.78 is 6.29. The van der Waals surface area contributed by atoms with Gasteiger partial charge in [-0.25, -0.2) is 14.5 Å². The number of β-lactam (4-membered cyclic amide) rings is 1. The average molecular weight is 523 g/mol. The van der Waals surface area contributed by atoms with Crippen molar-refractivity contribution in [2.75, 3.05) is 6.54 Å². The van der Waals surface area contributed by atoms with E-state index in [9.17, 15) is 14.4 Å². The minimum atomic E-state index is -0.751. The summed E-state index contributed by atoms with van der Waals surface area (Å²) in [4.78, 5) is 39.8. The number of aryl methyl sites for hydroxylation is 1. The first-order chi connectivity index (χ1) is 18.3. The zero-order valence-electron chi connectivity index (χ0n) is 23.3. The Morgan fingerprint density at radius 3 is 2.18 bits per heavy atom. The van der Waals surface area contributed by atoms with Crippen molar-refractivity contribution in [2.45, 2.75) is 85.5 Å². The highest BCUT2D eigenvalue weighted by Crippen LogP contribution is 2.46. The summed E-state index contributed by atoms with van der Waals surface area (Å²) in [7, 11) is 0. The molecule has 2 aromatic carbocycles. The van der Waals surface area contributed by atoms with Crippen molar-refractivity contribution in [1.82, 2.24) is 20.9 Å². The predicted molar refractivity (Wildman–Crippen MR) is 149 cm³/mol. The Labute approximate surface area is 226 Å². The van der Waals surface area contributed by atoms with Gasteiger partial charge in [0.2, 0.25) is 5.91 Å². The lowest BCUT2D eigenvalue weighted by Crippen LogP contribution is -2.73. The minimum Gasteiger partial charge on any atom is -0.469 e. The van der Waals surface area contributed by atoms with Crippen LogP contribution in [0.2, 0.25) is 0 Å². The summed E-state index contributed by atoms with van der Waals surface area (Å²) in [6, 6.07) is 14.6. The van der Waals surface area contributed by atoms with Crippen molar-refractivity contribution in [3.05, 3.63) is 65.2 Å². The normalized spacial score (nSPS) is 16.8. The van der Waals surface area contributed by atoms with Crippen molar-refractivity contribution in [3.63, 3.8) is 0 Å². The van der Waals surface area contributed by atoms with Crippen LogP contribution in [0.25, 0.3) is 0 Å². The quantitative estimate of drug-likeness (QED) is 0.306. The molecule has 0 aromatic heterocycles. The van der Waals surface area contributed by atoms with E-state index in [4.69, 9.17) is 4.74 Å². The molecule has 1 heterocycles. The fraction of sp³-hybridized carbons (Fsp3) is 0.500. The molecule has 0 saturated carbocycles. The van der Waals surface area contributed by atoms with Gasteiger partial charge in [0.15, 0.2) is 6.23 Å². The first-order valence-electron chi connectivity index (χ1n) is 13.8. The molecule has 1 aliphatic rings. The molecule has 38 heavy (non-hydrogen) atoms. The number of rotatable bonds is 12. The number of imide groups is 1. The molecule has 206 valence electrons. The van der Waals surface area contributed by atoms with Crippen LogP contribution >= 0.6 is 0 Å². The van der Waals surface area contributed by atoms with E-state index in [0.717, 1.165) is 36.0 Å². The van der Waals surface area contributed by atoms with E-state index in [-0.39, 0.29) is 18.0 Å². The van der Waals surface area contributed by atoms with Gasteiger partial charge in [-0.1, -0.05) is 76.1 Å². The molecule has 3 N–H and O–H groups in total. The van der Waals surface area contributed by atoms with Crippen molar-refractivity contribution in [1.29, 1.82) is 0 Å². The Morgan fingerprint density at radius 2 is 1.61 bits per heavy atom. The number of nitrogens with zero attached hydrogens (tertiary/aromatic N) is 1. The third-order valence-corrected chi connectivity index (χ3v) is 7.35. The van der Waals surface area contributed by atoms with Crippen LogP contribution in [0.4, 0.5) is 9.59 Å². The van der Waals surface area contributed by atoms with E-state index < -0.39 is 17.7 Å². The SMILES string of the molecule is CCCNC(=O)NCc1ccc(O[C@@H]2N(C(=O)NC(CCC)c3ccc(C)cc3)C(=O)C2(CC)CC)cc1. The summed E-state index contributed by atoms with van der Waals surface area (Å²) in [5.74, 6) is 0.359. The Morgan fingerprint density at radius 1 is 0.947 bits per heavy atom. The number of carbonyl (C=O) groups is 3. The highest BCUT2D eigenvalue weighted by Gasteiger charge is 2.63. The Kier molecular flexibility index (Phi) is 10.2. The molecule has 1 unspecified atom stereocenters. The second kappa shape index (κ2) is 13.3. The van der Waals surface area contributed by atoms with E-state index in [2.05, 4.69) is 22.9 Å². The summed E-state index contributed by atoms with van der Waals surface area (Å²) in [5, 5.41) is 8.68. The van der Waals surface area contributed by atoms with E-state index in [1.165, 1.54) is 4.90 Å². The van der Waals surface area contributed by atoms with Crippen LogP contribution in [0.15, 0.2) is 48.5 Å². The van der Waals surface area contributed by atoms with Gasteiger partial charge in [-0.15, -0.1) is 0 Å². The number of nitrogens with one attached hydrogen (secondary N) is 3. The Balaban J connectivity index is 1.72. The molecule has 1 aliphatic heterocycles. The van der Waals surface area contributed by atoms with Gasteiger partial charge in [0, 0.05) is 13.1 Å². The molecule has 0 bridgehead atoms. The maximum Gasteiger partial charge on any atom is 0.327 e. The molecule has 0 spiro atoms. The van der Waals surface area contributed by atoms with Gasteiger partial charge in [0.25, 0.3) is 0 Å². The highest BCUT2D eigenvalue weighted by molar-refractivity contribution is 6.03. The number of hydrogen-bond donors (Lipinski definition) is 3. The summed E-state index contributed by atoms with van der Waals surface area (Å²) in [5.41, 5.74) is 2.33. The topological polar surface area (TPSA) is 99.8 Å². The first-order valence-corrected chi connectivity index (χ1v) is 13.8. The maximum atomic E-state index is 13.4. The summed E-state index contributed by atoms with van der Waals surface area (Å²) in [6.45, 7) is 11.0. The molecule has 0 radical (unpaired) electrons. The fourth-order valence-corrected chi connectivity index (χ4v) is 4.83. The molecule has 2 aromatic rings. The second-order valence-corrected chi connectivity index (χ2v) is 9.96. The third kappa shape index (κ3) is 6.47.